The lowest BCUT2D eigenvalue weighted by Gasteiger charge is -2.10. The van der Waals surface area contributed by atoms with Crippen LogP contribution in [0, 0.1) is 12.7 Å². The van der Waals surface area contributed by atoms with Crippen molar-refractivity contribution in [3.8, 4) is 0 Å². The molecule has 2 rings (SSSR count). The van der Waals surface area contributed by atoms with Crippen molar-refractivity contribution < 1.29 is 9.23 Å². The summed E-state index contributed by atoms with van der Waals surface area (Å²) in [6.07, 6.45) is 2.10. The molecule has 1 aliphatic heterocycles. The molecule has 13 heavy (non-hydrogen) atoms. The van der Waals surface area contributed by atoms with Crippen LogP contribution in [-0.2, 0) is 4.84 Å². The minimum Gasteiger partial charge on any atom is -0.301 e. The molecule has 3 nitrogen and oxygen atoms in total. The van der Waals surface area contributed by atoms with E-state index < -0.39 is 0 Å². The predicted molar refractivity (Wildman–Crippen MR) is 45.4 cm³/mol. The Morgan fingerprint density at radius 2 is 2.54 bits per heavy atom. The van der Waals surface area contributed by atoms with Crippen molar-refractivity contribution in [2.24, 2.45) is 0 Å². The lowest BCUT2D eigenvalue weighted by molar-refractivity contribution is 0.0881. The SMILES string of the molecule is Cc1ncc(F)cc1C1CCON1. The van der Waals surface area contributed by atoms with Gasteiger partial charge in [0.25, 0.3) is 0 Å². The molecule has 0 bridgehead atoms. The maximum Gasteiger partial charge on any atom is 0.141 e. The minimum absolute atomic E-state index is 0.0863. The summed E-state index contributed by atoms with van der Waals surface area (Å²) in [6.45, 7) is 2.54. The second-order valence-electron chi connectivity index (χ2n) is 3.14. The molecule has 1 fully saturated rings. The molecule has 1 unspecified atom stereocenters. The Morgan fingerprint density at radius 3 is 3.23 bits per heavy atom. The highest BCUT2D eigenvalue weighted by Crippen LogP contribution is 2.23. The van der Waals surface area contributed by atoms with Crippen molar-refractivity contribution in [2.75, 3.05) is 6.61 Å². The molecule has 70 valence electrons. The normalized spacial score (nSPS) is 22.2. The van der Waals surface area contributed by atoms with Crippen LogP contribution in [0.25, 0.3) is 0 Å². The first-order valence-electron chi connectivity index (χ1n) is 4.27. The molecule has 1 atom stereocenters. The van der Waals surface area contributed by atoms with Crippen LogP contribution in [0.5, 0.6) is 0 Å². The van der Waals surface area contributed by atoms with Gasteiger partial charge in [-0.3, -0.25) is 4.98 Å². The first-order chi connectivity index (χ1) is 6.27. The highest BCUT2D eigenvalue weighted by Gasteiger charge is 2.19. The van der Waals surface area contributed by atoms with E-state index in [1.165, 1.54) is 12.3 Å². The molecule has 1 aliphatic rings. The molecule has 0 amide bonds. The lowest BCUT2D eigenvalue weighted by Crippen LogP contribution is -2.13. The number of aryl methyl sites for hydroxylation is 1. The van der Waals surface area contributed by atoms with Gasteiger partial charge in [0.15, 0.2) is 0 Å². The zero-order valence-corrected chi connectivity index (χ0v) is 7.38. The van der Waals surface area contributed by atoms with Crippen LogP contribution in [0.3, 0.4) is 0 Å². The molecule has 0 spiro atoms. The van der Waals surface area contributed by atoms with Crippen molar-refractivity contribution in [1.29, 1.82) is 0 Å². The van der Waals surface area contributed by atoms with E-state index in [1.54, 1.807) is 0 Å². The van der Waals surface area contributed by atoms with Crippen LogP contribution >= 0.6 is 0 Å². The summed E-state index contributed by atoms with van der Waals surface area (Å²) < 4.78 is 12.9. The fourth-order valence-electron chi connectivity index (χ4n) is 1.49. The first-order valence-corrected chi connectivity index (χ1v) is 4.27. The Labute approximate surface area is 75.9 Å². The van der Waals surface area contributed by atoms with Gasteiger partial charge in [0.05, 0.1) is 18.8 Å². The van der Waals surface area contributed by atoms with Crippen molar-refractivity contribution in [2.45, 2.75) is 19.4 Å². The van der Waals surface area contributed by atoms with E-state index in [9.17, 15) is 4.39 Å². The number of pyridine rings is 1. The molecule has 1 saturated heterocycles. The van der Waals surface area contributed by atoms with Gasteiger partial charge in [0, 0.05) is 5.69 Å². The lowest BCUT2D eigenvalue weighted by atomic mass is 10.0. The standard InChI is InChI=1S/C9H11FN2O/c1-6-8(4-7(10)5-11-6)9-2-3-13-12-9/h4-5,9,12H,2-3H2,1H3. The van der Waals surface area contributed by atoms with Crippen molar-refractivity contribution >= 4 is 0 Å². The molecular weight excluding hydrogens is 171 g/mol. The molecule has 2 heterocycles. The smallest absolute Gasteiger partial charge is 0.141 e. The maximum atomic E-state index is 12.9. The van der Waals surface area contributed by atoms with Crippen LogP contribution in [0.15, 0.2) is 12.3 Å². The predicted octanol–water partition coefficient (Wildman–Crippen LogP) is 1.50. The Hall–Kier alpha value is -1.00. The van der Waals surface area contributed by atoms with Crippen LogP contribution in [0.2, 0.25) is 0 Å². The average molecular weight is 182 g/mol. The summed E-state index contributed by atoms with van der Waals surface area (Å²) >= 11 is 0. The average Bonchev–Trinajstić information content (AvgIpc) is 2.61. The summed E-state index contributed by atoms with van der Waals surface area (Å²) in [6, 6.07) is 1.59. The molecule has 0 radical (unpaired) electrons. The quantitative estimate of drug-likeness (QED) is 0.714. The number of nitrogens with zero attached hydrogens (tertiary/aromatic N) is 1. The number of aromatic nitrogens is 1. The third-order valence-corrected chi connectivity index (χ3v) is 2.20. The van der Waals surface area contributed by atoms with E-state index in [0.29, 0.717) is 6.61 Å². The molecule has 0 saturated carbocycles. The van der Waals surface area contributed by atoms with E-state index in [4.69, 9.17) is 4.84 Å². The van der Waals surface area contributed by atoms with Gasteiger partial charge < -0.3 is 4.84 Å². The van der Waals surface area contributed by atoms with E-state index in [2.05, 4.69) is 10.5 Å². The van der Waals surface area contributed by atoms with Gasteiger partial charge in [0.1, 0.15) is 5.82 Å². The van der Waals surface area contributed by atoms with Crippen LogP contribution < -0.4 is 5.48 Å². The first kappa shape index (κ1) is 8.59. The van der Waals surface area contributed by atoms with Gasteiger partial charge >= 0.3 is 0 Å². The van der Waals surface area contributed by atoms with Gasteiger partial charge in [-0.15, -0.1) is 0 Å². The molecule has 0 aromatic carbocycles. The number of rotatable bonds is 1. The largest absolute Gasteiger partial charge is 0.301 e. The Balaban J connectivity index is 2.32. The van der Waals surface area contributed by atoms with Crippen molar-refractivity contribution in [1.82, 2.24) is 10.5 Å². The van der Waals surface area contributed by atoms with Crippen LogP contribution in [-0.4, -0.2) is 11.6 Å². The zero-order chi connectivity index (χ0) is 9.26. The number of hydroxylamine groups is 1. The van der Waals surface area contributed by atoms with E-state index in [-0.39, 0.29) is 11.9 Å². The molecular formula is C9H11FN2O. The van der Waals surface area contributed by atoms with Crippen molar-refractivity contribution in [3.63, 3.8) is 0 Å². The fraction of sp³-hybridized carbons (Fsp3) is 0.444. The van der Waals surface area contributed by atoms with E-state index in [0.717, 1.165) is 17.7 Å². The van der Waals surface area contributed by atoms with E-state index in [1.807, 2.05) is 6.92 Å². The Kier molecular flexibility index (Phi) is 2.24. The molecule has 1 N–H and O–H groups in total. The van der Waals surface area contributed by atoms with Gasteiger partial charge in [0.2, 0.25) is 0 Å². The van der Waals surface area contributed by atoms with Crippen LogP contribution in [0.4, 0.5) is 4.39 Å². The summed E-state index contributed by atoms with van der Waals surface area (Å²) in [5.74, 6) is -0.297. The second kappa shape index (κ2) is 3.40. The summed E-state index contributed by atoms with van der Waals surface area (Å²) in [5, 5.41) is 0. The second-order valence-corrected chi connectivity index (χ2v) is 3.14. The van der Waals surface area contributed by atoms with Crippen molar-refractivity contribution in [3.05, 3.63) is 29.3 Å². The monoisotopic (exact) mass is 182 g/mol. The number of hydrogen-bond acceptors (Lipinski definition) is 3. The third-order valence-electron chi connectivity index (χ3n) is 2.20. The topological polar surface area (TPSA) is 34.1 Å². The molecule has 4 heteroatoms. The number of hydrogen-bond donors (Lipinski definition) is 1. The molecule has 1 aromatic rings. The highest BCUT2D eigenvalue weighted by molar-refractivity contribution is 5.23. The maximum absolute atomic E-state index is 12.9. The number of nitrogens with one attached hydrogen (secondary N) is 1. The summed E-state index contributed by atoms with van der Waals surface area (Å²) in [5.41, 5.74) is 4.57. The Morgan fingerprint density at radius 1 is 1.69 bits per heavy atom. The minimum atomic E-state index is -0.297. The zero-order valence-electron chi connectivity index (χ0n) is 7.38. The molecule has 1 aromatic heterocycles. The Bertz CT molecular complexity index is 310. The van der Waals surface area contributed by atoms with E-state index >= 15 is 0 Å². The highest BCUT2D eigenvalue weighted by atomic mass is 19.1. The summed E-state index contributed by atoms with van der Waals surface area (Å²) in [4.78, 5) is 8.96. The van der Waals surface area contributed by atoms with Gasteiger partial charge in [-0.05, 0) is 25.0 Å². The third kappa shape index (κ3) is 1.68. The van der Waals surface area contributed by atoms with Crippen LogP contribution in [0.1, 0.15) is 23.7 Å². The number of halogens is 1. The molecule has 0 aliphatic carbocycles. The summed E-state index contributed by atoms with van der Waals surface area (Å²) in [7, 11) is 0. The fourth-order valence-corrected chi connectivity index (χ4v) is 1.49. The van der Waals surface area contributed by atoms with Gasteiger partial charge in [-0.2, -0.15) is 5.48 Å². The van der Waals surface area contributed by atoms with Gasteiger partial charge in [-0.1, -0.05) is 0 Å². The van der Waals surface area contributed by atoms with Gasteiger partial charge in [-0.25, -0.2) is 4.39 Å².